The van der Waals surface area contributed by atoms with Gasteiger partial charge in [-0.3, -0.25) is 9.89 Å². The second-order valence-corrected chi connectivity index (χ2v) is 4.24. The molecule has 0 saturated carbocycles. The third kappa shape index (κ3) is 2.32. The molecular weight excluding hydrogens is 222 g/mol. The molecule has 0 aromatic carbocycles. The molecule has 0 bridgehead atoms. The van der Waals surface area contributed by atoms with E-state index in [-0.39, 0.29) is 31.3 Å². The van der Waals surface area contributed by atoms with Crippen LogP contribution >= 0.6 is 0 Å². The van der Waals surface area contributed by atoms with Gasteiger partial charge in [0.15, 0.2) is 5.69 Å². The first kappa shape index (κ1) is 12.1. The smallest absolute Gasteiger partial charge is 0.272 e. The Kier molecular flexibility index (Phi) is 3.44. The summed E-state index contributed by atoms with van der Waals surface area (Å²) >= 11 is 0. The monoisotopic (exact) mass is 239 g/mol. The van der Waals surface area contributed by atoms with Crippen molar-refractivity contribution in [2.24, 2.45) is 0 Å². The zero-order chi connectivity index (χ0) is 12.4. The standard InChI is InChI=1S/C11H17N3O3/c1-6-5-8-9(7(2)17-6)13-14-10(8)11(16)12-3-4-15/h6-7,15H,3-5H2,1-2H3,(H,12,16)(H,13,14)/t6-,7+/m1/s1. The number of hydrogen-bond donors (Lipinski definition) is 3. The highest BCUT2D eigenvalue weighted by Gasteiger charge is 2.29. The fourth-order valence-electron chi connectivity index (χ4n) is 2.11. The molecule has 0 unspecified atom stereocenters. The Morgan fingerprint density at radius 3 is 3.12 bits per heavy atom. The number of hydrogen-bond acceptors (Lipinski definition) is 4. The zero-order valence-electron chi connectivity index (χ0n) is 9.99. The lowest BCUT2D eigenvalue weighted by atomic mass is 9.99. The zero-order valence-corrected chi connectivity index (χ0v) is 9.99. The molecular formula is C11H17N3O3. The van der Waals surface area contributed by atoms with E-state index in [4.69, 9.17) is 9.84 Å². The first-order valence-corrected chi connectivity index (χ1v) is 5.75. The molecule has 2 heterocycles. The molecule has 6 heteroatoms. The summed E-state index contributed by atoms with van der Waals surface area (Å²) in [6.45, 7) is 4.07. The van der Waals surface area contributed by atoms with Gasteiger partial charge in [0, 0.05) is 18.5 Å². The Bertz CT molecular complexity index is 416. The quantitative estimate of drug-likeness (QED) is 0.701. The average Bonchev–Trinajstić information content (AvgIpc) is 2.69. The summed E-state index contributed by atoms with van der Waals surface area (Å²) in [5.74, 6) is -0.252. The van der Waals surface area contributed by atoms with E-state index < -0.39 is 0 Å². The van der Waals surface area contributed by atoms with Gasteiger partial charge in [-0.05, 0) is 13.8 Å². The van der Waals surface area contributed by atoms with E-state index in [1.54, 1.807) is 0 Å². The molecule has 2 rings (SSSR count). The van der Waals surface area contributed by atoms with Crippen molar-refractivity contribution in [3.63, 3.8) is 0 Å². The first-order valence-electron chi connectivity index (χ1n) is 5.75. The molecule has 1 amide bonds. The normalized spacial score (nSPS) is 23.2. The van der Waals surface area contributed by atoms with Crippen molar-refractivity contribution < 1.29 is 14.6 Å². The second-order valence-electron chi connectivity index (χ2n) is 4.24. The van der Waals surface area contributed by atoms with Crippen LogP contribution in [-0.4, -0.2) is 40.5 Å². The number of rotatable bonds is 3. The van der Waals surface area contributed by atoms with Gasteiger partial charge in [0.1, 0.15) is 0 Å². The predicted octanol–water partition coefficient (Wildman–Crippen LogP) is 0.154. The Morgan fingerprint density at radius 2 is 2.41 bits per heavy atom. The van der Waals surface area contributed by atoms with Crippen LogP contribution in [0.5, 0.6) is 0 Å². The number of aromatic nitrogens is 2. The van der Waals surface area contributed by atoms with Crippen LogP contribution in [0.4, 0.5) is 0 Å². The number of ether oxygens (including phenoxy) is 1. The van der Waals surface area contributed by atoms with Crippen LogP contribution in [0.1, 0.15) is 41.7 Å². The van der Waals surface area contributed by atoms with Crippen LogP contribution in [0.15, 0.2) is 0 Å². The van der Waals surface area contributed by atoms with Gasteiger partial charge in [0.05, 0.1) is 24.5 Å². The van der Waals surface area contributed by atoms with Gasteiger partial charge in [-0.15, -0.1) is 0 Å². The van der Waals surface area contributed by atoms with E-state index in [2.05, 4.69) is 15.5 Å². The van der Waals surface area contributed by atoms with Crippen molar-refractivity contribution in [1.82, 2.24) is 15.5 Å². The molecule has 1 aliphatic rings. The lowest BCUT2D eigenvalue weighted by Gasteiger charge is -2.25. The highest BCUT2D eigenvalue weighted by atomic mass is 16.5. The third-order valence-corrected chi connectivity index (χ3v) is 2.85. The van der Waals surface area contributed by atoms with Crippen molar-refractivity contribution in [2.75, 3.05) is 13.2 Å². The number of nitrogens with zero attached hydrogens (tertiary/aromatic N) is 1. The van der Waals surface area contributed by atoms with Gasteiger partial charge in [0.25, 0.3) is 5.91 Å². The highest BCUT2D eigenvalue weighted by molar-refractivity contribution is 5.94. The van der Waals surface area contributed by atoms with Crippen LogP contribution in [0.3, 0.4) is 0 Å². The number of amides is 1. The van der Waals surface area contributed by atoms with Gasteiger partial charge in [0.2, 0.25) is 0 Å². The molecule has 2 atom stereocenters. The summed E-state index contributed by atoms with van der Waals surface area (Å²) in [5.41, 5.74) is 2.21. The molecule has 3 N–H and O–H groups in total. The van der Waals surface area contributed by atoms with E-state index in [1.807, 2.05) is 13.8 Å². The predicted molar refractivity (Wildman–Crippen MR) is 60.7 cm³/mol. The molecule has 0 aliphatic carbocycles. The van der Waals surface area contributed by atoms with Crippen LogP contribution < -0.4 is 5.32 Å². The van der Waals surface area contributed by atoms with Gasteiger partial charge in [-0.2, -0.15) is 5.10 Å². The lowest BCUT2D eigenvalue weighted by molar-refractivity contribution is -0.00697. The average molecular weight is 239 g/mol. The van der Waals surface area contributed by atoms with Crippen LogP contribution in [-0.2, 0) is 11.2 Å². The molecule has 1 aliphatic heterocycles. The minimum Gasteiger partial charge on any atom is -0.395 e. The van der Waals surface area contributed by atoms with Gasteiger partial charge in [-0.1, -0.05) is 0 Å². The maximum Gasteiger partial charge on any atom is 0.272 e. The first-order chi connectivity index (χ1) is 8.13. The molecule has 0 fully saturated rings. The Labute approximate surface area is 99.4 Å². The van der Waals surface area contributed by atoms with Gasteiger partial charge >= 0.3 is 0 Å². The summed E-state index contributed by atoms with van der Waals surface area (Å²) in [6, 6.07) is 0. The van der Waals surface area contributed by atoms with Crippen molar-refractivity contribution in [1.29, 1.82) is 0 Å². The number of fused-ring (bicyclic) bond motifs is 1. The van der Waals surface area contributed by atoms with Crippen molar-refractivity contribution in [2.45, 2.75) is 32.5 Å². The number of carbonyl (C=O) groups excluding carboxylic acids is 1. The number of nitrogens with one attached hydrogen (secondary N) is 2. The Balaban J connectivity index is 2.23. The summed E-state index contributed by atoms with van der Waals surface area (Å²) in [6.07, 6.45) is 0.693. The highest BCUT2D eigenvalue weighted by Crippen LogP contribution is 2.29. The largest absolute Gasteiger partial charge is 0.395 e. The Hall–Kier alpha value is -1.40. The summed E-state index contributed by atoms with van der Waals surface area (Å²) in [7, 11) is 0. The molecule has 0 saturated heterocycles. The molecule has 6 nitrogen and oxygen atoms in total. The minimum absolute atomic E-state index is 0.0689. The van der Waals surface area contributed by atoms with Crippen LogP contribution in [0.2, 0.25) is 0 Å². The fourth-order valence-corrected chi connectivity index (χ4v) is 2.11. The topological polar surface area (TPSA) is 87.2 Å². The maximum absolute atomic E-state index is 11.8. The summed E-state index contributed by atoms with van der Waals surface area (Å²) in [4.78, 5) is 11.8. The second kappa shape index (κ2) is 4.85. The third-order valence-electron chi connectivity index (χ3n) is 2.85. The van der Waals surface area contributed by atoms with Crippen LogP contribution in [0, 0.1) is 0 Å². The number of aromatic amines is 1. The maximum atomic E-state index is 11.8. The SMILES string of the molecule is C[C@@H]1Cc2c(C(=O)NCCO)n[nH]c2[C@H](C)O1. The number of aliphatic hydroxyl groups excluding tert-OH is 1. The van der Waals surface area contributed by atoms with E-state index in [9.17, 15) is 4.79 Å². The molecule has 17 heavy (non-hydrogen) atoms. The van der Waals surface area contributed by atoms with Crippen molar-refractivity contribution in [3.8, 4) is 0 Å². The minimum atomic E-state index is -0.252. The van der Waals surface area contributed by atoms with Gasteiger partial charge in [-0.25, -0.2) is 0 Å². The molecule has 1 aromatic heterocycles. The van der Waals surface area contributed by atoms with E-state index in [1.165, 1.54) is 0 Å². The van der Waals surface area contributed by atoms with Gasteiger partial charge < -0.3 is 15.2 Å². The molecule has 0 radical (unpaired) electrons. The van der Waals surface area contributed by atoms with E-state index in [0.717, 1.165) is 11.3 Å². The number of carbonyl (C=O) groups is 1. The number of aliphatic hydroxyl groups is 1. The van der Waals surface area contributed by atoms with Crippen molar-refractivity contribution >= 4 is 5.91 Å². The van der Waals surface area contributed by atoms with E-state index in [0.29, 0.717) is 12.1 Å². The number of H-pyrrole nitrogens is 1. The summed E-state index contributed by atoms with van der Waals surface area (Å²) < 4.78 is 5.64. The van der Waals surface area contributed by atoms with Crippen molar-refractivity contribution in [3.05, 3.63) is 17.0 Å². The molecule has 1 aromatic rings. The molecule has 0 spiro atoms. The lowest BCUT2D eigenvalue weighted by Crippen LogP contribution is -2.29. The summed E-state index contributed by atoms with van der Waals surface area (Å²) in [5, 5.41) is 18.2. The van der Waals surface area contributed by atoms with Crippen LogP contribution in [0.25, 0.3) is 0 Å². The Morgan fingerprint density at radius 1 is 1.65 bits per heavy atom. The molecule has 94 valence electrons. The van der Waals surface area contributed by atoms with E-state index >= 15 is 0 Å². The fraction of sp³-hybridized carbons (Fsp3) is 0.636.